The van der Waals surface area contributed by atoms with Crippen LogP contribution in [0.5, 0.6) is 0 Å². The highest BCUT2D eigenvalue weighted by atomic mass is 16.3. The van der Waals surface area contributed by atoms with Gasteiger partial charge in [0.05, 0.1) is 6.17 Å². The van der Waals surface area contributed by atoms with Crippen LogP contribution in [-0.4, -0.2) is 24.0 Å². The van der Waals surface area contributed by atoms with Crippen LogP contribution in [0.3, 0.4) is 0 Å². The van der Waals surface area contributed by atoms with Gasteiger partial charge in [-0.2, -0.15) is 0 Å². The molecule has 10 heavy (non-hydrogen) atoms. The largest absolute Gasteiger partial charge is 0.379 e. The lowest BCUT2D eigenvalue weighted by atomic mass is 10.2. The first-order valence-corrected chi connectivity index (χ1v) is 3.56. The van der Waals surface area contributed by atoms with Crippen LogP contribution >= 0.6 is 0 Å². The number of aliphatic hydroxyl groups is 1. The van der Waals surface area contributed by atoms with Crippen molar-refractivity contribution in [3.05, 3.63) is 0 Å². The van der Waals surface area contributed by atoms with Gasteiger partial charge in [0, 0.05) is 0 Å². The maximum atomic E-state index is 8.80. The summed E-state index contributed by atoms with van der Waals surface area (Å²) in [5.41, 5.74) is 10.8. The lowest BCUT2D eigenvalue weighted by Gasteiger charge is -2.14. The Balaban J connectivity index is 3.16. The van der Waals surface area contributed by atoms with Crippen LogP contribution < -0.4 is 16.8 Å². The van der Waals surface area contributed by atoms with Crippen LogP contribution in [0.25, 0.3) is 0 Å². The van der Waals surface area contributed by atoms with Gasteiger partial charge in [0.1, 0.15) is 6.23 Å². The molecule has 0 saturated heterocycles. The Labute approximate surface area is 61.6 Å². The SMILES string of the molecule is CC(O)NC(N)CCCN. The van der Waals surface area contributed by atoms with Gasteiger partial charge in [-0.25, -0.2) is 0 Å². The summed E-state index contributed by atoms with van der Waals surface area (Å²) in [5, 5.41) is 11.6. The lowest BCUT2D eigenvalue weighted by Crippen LogP contribution is -2.42. The number of nitrogens with two attached hydrogens (primary N) is 2. The summed E-state index contributed by atoms with van der Waals surface area (Å²) in [6.45, 7) is 2.29. The van der Waals surface area contributed by atoms with E-state index in [1.165, 1.54) is 0 Å². The molecule has 4 nitrogen and oxygen atoms in total. The molecule has 62 valence electrons. The second kappa shape index (κ2) is 5.61. The standard InChI is InChI=1S/C6H17N3O/c1-5(10)9-6(8)3-2-4-7/h5-6,9-10H,2-4,7-8H2,1H3. The minimum Gasteiger partial charge on any atom is -0.379 e. The second-order valence-corrected chi connectivity index (χ2v) is 2.38. The van der Waals surface area contributed by atoms with E-state index in [2.05, 4.69) is 5.32 Å². The summed E-state index contributed by atoms with van der Waals surface area (Å²) in [6.07, 6.45) is 1.03. The van der Waals surface area contributed by atoms with Gasteiger partial charge in [0.15, 0.2) is 0 Å². The van der Waals surface area contributed by atoms with Crippen molar-refractivity contribution in [3.8, 4) is 0 Å². The van der Waals surface area contributed by atoms with E-state index in [1.54, 1.807) is 6.92 Å². The Morgan fingerprint density at radius 3 is 2.60 bits per heavy atom. The van der Waals surface area contributed by atoms with Gasteiger partial charge in [0.25, 0.3) is 0 Å². The topological polar surface area (TPSA) is 84.3 Å². The van der Waals surface area contributed by atoms with Gasteiger partial charge in [-0.15, -0.1) is 0 Å². The molecule has 0 aliphatic rings. The number of hydrogen-bond acceptors (Lipinski definition) is 4. The van der Waals surface area contributed by atoms with Gasteiger partial charge in [-0.1, -0.05) is 0 Å². The Morgan fingerprint density at radius 1 is 1.60 bits per heavy atom. The van der Waals surface area contributed by atoms with Crippen molar-refractivity contribution in [2.24, 2.45) is 11.5 Å². The van der Waals surface area contributed by atoms with E-state index in [9.17, 15) is 0 Å². The van der Waals surface area contributed by atoms with Crippen LogP contribution in [0.2, 0.25) is 0 Å². The Bertz CT molecular complexity index is 77.4. The van der Waals surface area contributed by atoms with E-state index < -0.39 is 6.23 Å². The fourth-order valence-corrected chi connectivity index (χ4v) is 0.731. The van der Waals surface area contributed by atoms with Gasteiger partial charge in [-0.3, -0.25) is 5.32 Å². The molecule has 0 bridgehead atoms. The maximum Gasteiger partial charge on any atom is 0.103 e. The van der Waals surface area contributed by atoms with Gasteiger partial charge in [0.2, 0.25) is 0 Å². The van der Waals surface area contributed by atoms with Crippen LogP contribution in [0, 0.1) is 0 Å². The molecule has 0 radical (unpaired) electrons. The Morgan fingerprint density at radius 2 is 2.20 bits per heavy atom. The summed E-state index contributed by atoms with van der Waals surface area (Å²) in [7, 11) is 0. The minimum absolute atomic E-state index is 0.136. The molecule has 0 aromatic carbocycles. The molecule has 0 aliphatic carbocycles. The first kappa shape index (κ1) is 9.84. The molecule has 0 heterocycles. The predicted octanol–water partition coefficient (Wildman–Crippen LogP) is -1.06. The third-order valence-electron chi connectivity index (χ3n) is 1.17. The Kier molecular flexibility index (Phi) is 5.52. The summed E-state index contributed by atoms with van der Waals surface area (Å²) in [6, 6.07) is 0. The zero-order valence-corrected chi connectivity index (χ0v) is 6.38. The molecule has 0 aromatic rings. The molecule has 0 amide bonds. The summed E-state index contributed by atoms with van der Waals surface area (Å²) >= 11 is 0. The lowest BCUT2D eigenvalue weighted by molar-refractivity contribution is 0.139. The smallest absolute Gasteiger partial charge is 0.103 e. The third kappa shape index (κ3) is 5.97. The van der Waals surface area contributed by atoms with E-state index in [4.69, 9.17) is 16.6 Å². The monoisotopic (exact) mass is 147 g/mol. The Hall–Kier alpha value is -0.160. The average molecular weight is 147 g/mol. The van der Waals surface area contributed by atoms with Crippen molar-refractivity contribution in [1.82, 2.24) is 5.32 Å². The molecule has 0 rings (SSSR count). The number of nitrogens with one attached hydrogen (secondary N) is 1. The van der Waals surface area contributed by atoms with E-state index in [-0.39, 0.29) is 6.17 Å². The fourth-order valence-electron chi connectivity index (χ4n) is 0.731. The summed E-state index contributed by atoms with van der Waals surface area (Å²) in [4.78, 5) is 0. The van der Waals surface area contributed by atoms with Crippen molar-refractivity contribution >= 4 is 0 Å². The van der Waals surface area contributed by atoms with Crippen molar-refractivity contribution in [3.63, 3.8) is 0 Å². The highest BCUT2D eigenvalue weighted by Gasteiger charge is 2.02. The van der Waals surface area contributed by atoms with Crippen LogP contribution in [0.4, 0.5) is 0 Å². The average Bonchev–Trinajstić information content (AvgIpc) is 1.82. The normalized spacial score (nSPS) is 16.8. The van der Waals surface area contributed by atoms with Crippen molar-refractivity contribution < 1.29 is 5.11 Å². The van der Waals surface area contributed by atoms with Crippen LogP contribution in [0.1, 0.15) is 19.8 Å². The fraction of sp³-hybridized carbons (Fsp3) is 1.00. The molecule has 0 aromatic heterocycles. The van der Waals surface area contributed by atoms with Gasteiger partial charge < -0.3 is 16.6 Å². The second-order valence-electron chi connectivity index (χ2n) is 2.38. The first-order chi connectivity index (χ1) is 4.66. The minimum atomic E-state index is -0.534. The molecule has 0 saturated carbocycles. The molecule has 6 N–H and O–H groups in total. The molecular weight excluding hydrogens is 130 g/mol. The van der Waals surface area contributed by atoms with Crippen molar-refractivity contribution in [2.75, 3.05) is 6.54 Å². The van der Waals surface area contributed by atoms with E-state index in [0.29, 0.717) is 6.54 Å². The highest BCUT2D eigenvalue weighted by Crippen LogP contribution is 1.89. The summed E-state index contributed by atoms with van der Waals surface area (Å²) in [5.74, 6) is 0. The maximum absolute atomic E-state index is 8.80. The molecule has 4 heteroatoms. The van der Waals surface area contributed by atoms with Gasteiger partial charge >= 0.3 is 0 Å². The molecule has 0 fully saturated rings. The molecular formula is C6H17N3O. The predicted molar refractivity (Wildman–Crippen MR) is 41.1 cm³/mol. The quantitative estimate of drug-likeness (QED) is 0.373. The van der Waals surface area contributed by atoms with Crippen molar-refractivity contribution in [1.29, 1.82) is 0 Å². The zero-order chi connectivity index (χ0) is 7.98. The van der Waals surface area contributed by atoms with Crippen LogP contribution in [0.15, 0.2) is 0 Å². The molecule has 2 atom stereocenters. The van der Waals surface area contributed by atoms with E-state index in [0.717, 1.165) is 12.8 Å². The third-order valence-corrected chi connectivity index (χ3v) is 1.17. The molecule has 0 aliphatic heterocycles. The van der Waals surface area contributed by atoms with Gasteiger partial charge in [-0.05, 0) is 26.3 Å². The molecule has 0 spiro atoms. The zero-order valence-electron chi connectivity index (χ0n) is 6.38. The van der Waals surface area contributed by atoms with E-state index >= 15 is 0 Å². The number of aliphatic hydroxyl groups excluding tert-OH is 1. The molecule has 2 unspecified atom stereocenters. The summed E-state index contributed by atoms with van der Waals surface area (Å²) < 4.78 is 0. The van der Waals surface area contributed by atoms with Crippen LogP contribution in [-0.2, 0) is 0 Å². The highest BCUT2D eigenvalue weighted by molar-refractivity contribution is 4.58. The number of rotatable bonds is 5. The number of hydrogen-bond donors (Lipinski definition) is 4. The van der Waals surface area contributed by atoms with E-state index in [1.807, 2.05) is 0 Å². The first-order valence-electron chi connectivity index (χ1n) is 3.56. The van der Waals surface area contributed by atoms with Crippen molar-refractivity contribution in [2.45, 2.75) is 32.2 Å².